The van der Waals surface area contributed by atoms with Gasteiger partial charge < -0.3 is 19.4 Å². The molecule has 6 nitrogen and oxygen atoms in total. The molecule has 0 aromatic carbocycles. The van der Waals surface area contributed by atoms with Gasteiger partial charge in [-0.25, -0.2) is 4.98 Å². The Kier molecular flexibility index (Phi) is 7.91. The zero-order chi connectivity index (χ0) is 14.8. The molecule has 0 aliphatic rings. The molecular weight excluding hydrogens is 258 g/mol. The number of imidazole rings is 1. The molecule has 0 bridgehead atoms. The molecule has 20 heavy (non-hydrogen) atoms. The minimum Gasteiger partial charge on any atom is -0.377 e. The maximum Gasteiger partial charge on any atom is 0.216 e. The quantitative estimate of drug-likeness (QED) is 0.655. The second kappa shape index (κ2) is 9.50. The van der Waals surface area contributed by atoms with E-state index in [0.717, 1.165) is 12.2 Å². The third kappa shape index (κ3) is 7.25. The van der Waals surface area contributed by atoms with E-state index in [4.69, 9.17) is 9.47 Å². The van der Waals surface area contributed by atoms with Crippen LogP contribution in [0.3, 0.4) is 0 Å². The van der Waals surface area contributed by atoms with Crippen LogP contribution in [0.15, 0.2) is 12.5 Å². The standard InChI is InChI=1S/C14H25N3O3/c1-12(2)14-10-17(11-16-14)5-7-20-9-8-19-6-4-15-13(3)18/h10-12H,4-9H2,1-3H3,(H,15,18). The lowest BCUT2D eigenvalue weighted by Gasteiger charge is -2.06. The smallest absolute Gasteiger partial charge is 0.216 e. The van der Waals surface area contributed by atoms with Crippen molar-refractivity contribution >= 4 is 5.91 Å². The molecule has 0 saturated heterocycles. The largest absolute Gasteiger partial charge is 0.377 e. The average Bonchev–Trinajstić information content (AvgIpc) is 2.85. The molecule has 1 aromatic rings. The molecule has 0 unspecified atom stereocenters. The number of hydrogen-bond donors (Lipinski definition) is 1. The van der Waals surface area contributed by atoms with E-state index >= 15 is 0 Å². The highest BCUT2D eigenvalue weighted by Crippen LogP contribution is 2.10. The highest BCUT2D eigenvalue weighted by atomic mass is 16.5. The summed E-state index contributed by atoms with van der Waals surface area (Å²) in [4.78, 5) is 14.9. The van der Waals surface area contributed by atoms with Gasteiger partial charge in [0.2, 0.25) is 5.91 Å². The second-order valence-corrected chi connectivity index (χ2v) is 4.90. The Labute approximate surface area is 120 Å². The lowest BCUT2D eigenvalue weighted by molar-refractivity contribution is -0.119. The summed E-state index contributed by atoms with van der Waals surface area (Å²) in [7, 11) is 0. The van der Waals surface area contributed by atoms with Crippen molar-refractivity contribution in [1.29, 1.82) is 0 Å². The van der Waals surface area contributed by atoms with Gasteiger partial charge in [0.05, 0.1) is 38.4 Å². The molecule has 0 aliphatic carbocycles. The van der Waals surface area contributed by atoms with Crippen LogP contribution >= 0.6 is 0 Å². The van der Waals surface area contributed by atoms with Crippen LogP contribution in [-0.4, -0.2) is 48.4 Å². The Morgan fingerprint density at radius 1 is 1.30 bits per heavy atom. The molecular formula is C14H25N3O3. The van der Waals surface area contributed by atoms with Crippen molar-refractivity contribution in [2.24, 2.45) is 0 Å². The first-order chi connectivity index (χ1) is 9.59. The predicted molar refractivity (Wildman–Crippen MR) is 76.6 cm³/mol. The third-order valence-corrected chi connectivity index (χ3v) is 2.73. The van der Waals surface area contributed by atoms with E-state index in [-0.39, 0.29) is 5.91 Å². The van der Waals surface area contributed by atoms with Gasteiger partial charge in [-0.2, -0.15) is 0 Å². The molecule has 0 aliphatic heterocycles. The van der Waals surface area contributed by atoms with E-state index in [1.807, 2.05) is 10.9 Å². The fourth-order valence-electron chi connectivity index (χ4n) is 1.59. The van der Waals surface area contributed by atoms with Crippen LogP contribution < -0.4 is 5.32 Å². The summed E-state index contributed by atoms with van der Waals surface area (Å²) in [6, 6.07) is 0. The van der Waals surface area contributed by atoms with E-state index in [1.165, 1.54) is 6.92 Å². The zero-order valence-corrected chi connectivity index (χ0v) is 12.6. The van der Waals surface area contributed by atoms with E-state index in [2.05, 4.69) is 30.3 Å². The third-order valence-electron chi connectivity index (χ3n) is 2.73. The fourth-order valence-corrected chi connectivity index (χ4v) is 1.59. The molecule has 114 valence electrons. The molecule has 0 saturated carbocycles. The molecule has 1 heterocycles. The summed E-state index contributed by atoms with van der Waals surface area (Å²) in [6.45, 7) is 9.35. The van der Waals surface area contributed by atoms with E-state index in [9.17, 15) is 4.79 Å². The Bertz CT molecular complexity index is 391. The van der Waals surface area contributed by atoms with Crippen LogP contribution in [0.4, 0.5) is 0 Å². The van der Waals surface area contributed by atoms with Gasteiger partial charge in [-0.3, -0.25) is 4.79 Å². The number of ether oxygens (including phenoxy) is 2. The van der Waals surface area contributed by atoms with Gasteiger partial charge in [0.15, 0.2) is 0 Å². The number of nitrogens with one attached hydrogen (secondary N) is 1. The molecule has 1 rings (SSSR count). The fraction of sp³-hybridized carbons (Fsp3) is 0.714. The molecule has 0 atom stereocenters. The molecule has 0 radical (unpaired) electrons. The number of aromatic nitrogens is 2. The van der Waals surface area contributed by atoms with Crippen molar-refractivity contribution in [1.82, 2.24) is 14.9 Å². The zero-order valence-electron chi connectivity index (χ0n) is 12.6. The Balaban J connectivity index is 1.95. The first-order valence-corrected chi connectivity index (χ1v) is 7.01. The first-order valence-electron chi connectivity index (χ1n) is 7.01. The van der Waals surface area contributed by atoms with Gasteiger partial charge in [-0.15, -0.1) is 0 Å². The SMILES string of the molecule is CC(=O)NCCOCCOCCn1cnc(C(C)C)c1. The number of nitrogens with zero attached hydrogens (tertiary/aromatic N) is 2. The maximum absolute atomic E-state index is 10.6. The lowest BCUT2D eigenvalue weighted by Crippen LogP contribution is -2.25. The van der Waals surface area contributed by atoms with Gasteiger partial charge in [0, 0.05) is 26.2 Å². The van der Waals surface area contributed by atoms with Crippen molar-refractivity contribution in [3.63, 3.8) is 0 Å². The monoisotopic (exact) mass is 283 g/mol. The molecule has 1 aromatic heterocycles. The van der Waals surface area contributed by atoms with Crippen molar-refractivity contribution in [3.8, 4) is 0 Å². The average molecular weight is 283 g/mol. The summed E-state index contributed by atoms with van der Waals surface area (Å²) in [5, 5.41) is 2.67. The number of carbonyl (C=O) groups excluding carboxylic acids is 1. The Hall–Kier alpha value is -1.40. The van der Waals surface area contributed by atoms with Crippen LogP contribution in [0, 0.1) is 0 Å². The van der Waals surface area contributed by atoms with Crippen molar-refractivity contribution in [2.45, 2.75) is 33.2 Å². The van der Waals surface area contributed by atoms with Gasteiger partial charge >= 0.3 is 0 Å². The van der Waals surface area contributed by atoms with Crippen LogP contribution in [0.2, 0.25) is 0 Å². The Morgan fingerprint density at radius 2 is 2.00 bits per heavy atom. The minimum atomic E-state index is -0.0362. The van der Waals surface area contributed by atoms with Gasteiger partial charge in [0.1, 0.15) is 0 Å². The Morgan fingerprint density at radius 3 is 2.60 bits per heavy atom. The van der Waals surface area contributed by atoms with Crippen LogP contribution in [0.25, 0.3) is 0 Å². The maximum atomic E-state index is 10.6. The molecule has 0 fully saturated rings. The molecule has 6 heteroatoms. The number of amides is 1. The summed E-state index contributed by atoms with van der Waals surface area (Å²) < 4.78 is 12.8. The lowest BCUT2D eigenvalue weighted by atomic mass is 10.2. The summed E-state index contributed by atoms with van der Waals surface area (Å²) in [6.07, 6.45) is 3.89. The van der Waals surface area contributed by atoms with Crippen LogP contribution in [0.1, 0.15) is 32.4 Å². The van der Waals surface area contributed by atoms with E-state index in [1.54, 1.807) is 0 Å². The van der Waals surface area contributed by atoms with Crippen LogP contribution in [-0.2, 0) is 20.8 Å². The molecule has 1 amide bonds. The van der Waals surface area contributed by atoms with Crippen molar-refractivity contribution in [3.05, 3.63) is 18.2 Å². The van der Waals surface area contributed by atoms with E-state index in [0.29, 0.717) is 38.9 Å². The summed E-state index contributed by atoms with van der Waals surface area (Å²) in [5.74, 6) is 0.417. The highest BCUT2D eigenvalue weighted by molar-refractivity contribution is 5.72. The van der Waals surface area contributed by atoms with Gasteiger partial charge in [0.25, 0.3) is 0 Å². The normalized spacial score (nSPS) is 11.0. The molecule has 0 spiro atoms. The van der Waals surface area contributed by atoms with Crippen molar-refractivity contribution < 1.29 is 14.3 Å². The van der Waals surface area contributed by atoms with Crippen LogP contribution in [0.5, 0.6) is 0 Å². The first kappa shape index (κ1) is 16.7. The molecule has 1 N–H and O–H groups in total. The highest BCUT2D eigenvalue weighted by Gasteiger charge is 2.02. The van der Waals surface area contributed by atoms with Crippen molar-refractivity contribution in [2.75, 3.05) is 33.0 Å². The summed E-state index contributed by atoms with van der Waals surface area (Å²) >= 11 is 0. The number of rotatable bonds is 10. The summed E-state index contributed by atoms with van der Waals surface area (Å²) in [5.41, 5.74) is 1.10. The number of carbonyl (C=O) groups is 1. The van der Waals surface area contributed by atoms with Gasteiger partial charge in [-0.1, -0.05) is 13.8 Å². The second-order valence-electron chi connectivity index (χ2n) is 4.90. The van der Waals surface area contributed by atoms with E-state index < -0.39 is 0 Å². The van der Waals surface area contributed by atoms with Gasteiger partial charge in [-0.05, 0) is 5.92 Å². The minimum absolute atomic E-state index is 0.0362. The predicted octanol–water partition coefficient (Wildman–Crippen LogP) is 1.18. The number of hydrogen-bond acceptors (Lipinski definition) is 4. The topological polar surface area (TPSA) is 65.4 Å².